The Morgan fingerprint density at radius 2 is 2.26 bits per heavy atom. The first-order valence-corrected chi connectivity index (χ1v) is 7.89. The molecular formula is C15H18N6O2. The zero-order chi connectivity index (χ0) is 15.8. The highest BCUT2D eigenvalue weighted by Crippen LogP contribution is 2.28. The monoisotopic (exact) mass is 314 g/mol. The third-order valence-electron chi connectivity index (χ3n) is 4.23. The van der Waals surface area contributed by atoms with Crippen LogP contribution in [0.3, 0.4) is 0 Å². The maximum absolute atomic E-state index is 12.2. The van der Waals surface area contributed by atoms with E-state index in [4.69, 9.17) is 0 Å². The lowest BCUT2D eigenvalue weighted by molar-refractivity contribution is -0.126. The van der Waals surface area contributed by atoms with Crippen molar-refractivity contribution in [3.8, 4) is 0 Å². The number of nitrogens with zero attached hydrogens (tertiary/aromatic N) is 3. The van der Waals surface area contributed by atoms with Crippen molar-refractivity contribution in [2.24, 2.45) is 5.92 Å². The molecule has 2 aromatic rings. The maximum Gasteiger partial charge on any atom is 0.267 e. The molecule has 4 rings (SSSR count). The summed E-state index contributed by atoms with van der Waals surface area (Å²) in [5, 5.41) is 5.17. The summed E-state index contributed by atoms with van der Waals surface area (Å²) in [5.74, 6) is 1.07. The molecule has 1 saturated carbocycles. The zero-order valence-electron chi connectivity index (χ0n) is 12.6. The molecule has 120 valence electrons. The first-order valence-electron chi connectivity index (χ1n) is 7.89. The number of carbonyl (C=O) groups excluding carboxylic acids is 2. The van der Waals surface area contributed by atoms with Gasteiger partial charge in [-0.1, -0.05) is 0 Å². The van der Waals surface area contributed by atoms with Crippen LogP contribution in [0.2, 0.25) is 0 Å². The van der Waals surface area contributed by atoms with Gasteiger partial charge in [0.2, 0.25) is 5.91 Å². The minimum absolute atomic E-state index is 0.0506. The average Bonchev–Trinajstić information content (AvgIpc) is 3.13. The van der Waals surface area contributed by atoms with Crippen molar-refractivity contribution < 1.29 is 9.59 Å². The van der Waals surface area contributed by atoms with Gasteiger partial charge >= 0.3 is 0 Å². The van der Waals surface area contributed by atoms with Crippen molar-refractivity contribution in [2.45, 2.75) is 25.7 Å². The van der Waals surface area contributed by atoms with Gasteiger partial charge in [0.1, 0.15) is 17.7 Å². The second-order valence-corrected chi connectivity index (χ2v) is 6.08. The molecule has 8 nitrogen and oxygen atoms in total. The molecule has 3 heterocycles. The third kappa shape index (κ3) is 2.84. The van der Waals surface area contributed by atoms with E-state index in [1.54, 1.807) is 11.1 Å². The summed E-state index contributed by atoms with van der Waals surface area (Å²) in [6.07, 6.45) is 5.17. The molecule has 2 aliphatic rings. The summed E-state index contributed by atoms with van der Waals surface area (Å²) >= 11 is 0. The third-order valence-corrected chi connectivity index (χ3v) is 4.23. The van der Waals surface area contributed by atoms with E-state index in [-0.39, 0.29) is 11.8 Å². The molecule has 1 aliphatic heterocycles. The lowest BCUT2D eigenvalue weighted by Crippen LogP contribution is -2.31. The lowest BCUT2D eigenvalue weighted by atomic mass is 10.3. The Kier molecular flexibility index (Phi) is 3.36. The van der Waals surface area contributed by atoms with Crippen LogP contribution in [-0.4, -0.2) is 44.9 Å². The Hall–Kier alpha value is -2.64. The van der Waals surface area contributed by atoms with Crippen molar-refractivity contribution in [3.05, 3.63) is 18.1 Å². The number of hydrogen-bond donors (Lipinski definition) is 3. The molecule has 0 unspecified atom stereocenters. The van der Waals surface area contributed by atoms with Gasteiger partial charge in [0, 0.05) is 19.5 Å². The minimum Gasteiger partial charge on any atom is -0.350 e. The highest BCUT2D eigenvalue weighted by molar-refractivity contribution is 6.00. The largest absolute Gasteiger partial charge is 0.350 e. The van der Waals surface area contributed by atoms with E-state index in [0.717, 1.165) is 6.42 Å². The SMILES string of the molecule is O=C(NCC1CC1)c1cc2c(NN3CCCC3=O)ncnc2[nH]1. The summed E-state index contributed by atoms with van der Waals surface area (Å²) in [4.78, 5) is 35.3. The van der Waals surface area contributed by atoms with Crippen molar-refractivity contribution in [3.63, 3.8) is 0 Å². The van der Waals surface area contributed by atoms with Gasteiger partial charge in [-0.2, -0.15) is 0 Å². The molecule has 0 spiro atoms. The zero-order valence-corrected chi connectivity index (χ0v) is 12.6. The Morgan fingerprint density at radius 3 is 3.00 bits per heavy atom. The molecule has 3 N–H and O–H groups in total. The predicted molar refractivity (Wildman–Crippen MR) is 83.5 cm³/mol. The number of fused-ring (bicyclic) bond motifs is 1. The summed E-state index contributed by atoms with van der Waals surface area (Å²) in [5.41, 5.74) is 4.06. The standard InChI is InChI=1S/C15H18N6O2/c22-12-2-1-5-21(12)20-14-10-6-11(19-13(10)17-8-18-14)15(23)16-7-9-3-4-9/h6,8-9H,1-5,7H2,(H,16,23)(H2,17,18,19,20). The minimum atomic E-state index is -0.141. The predicted octanol–water partition coefficient (Wildman–Crippen LogP) is 1.05. The number of rotatable bonds is 5. The fourth-order valence-electron chi connectivity index (χ4n) is 2.70. The molecule has 2 fully saturated rings. The summed E-state index contributed by atoms with van der Waals surface area (Å²) in [6.45, 7) is 1.37. The van der Waals surface area contributed by atoms with E-state index in [1.165, 1.54) is 19.2 Å². The number of H-pyrrole nitrogens is 1. The molecule has 2 aromatic heterocycles. The number of carbonyl (C=O) groups is 2. The van der Waals surface area contributed by atoms with Crippen molar-refractivity contribution in [1.82, 2.24) is 25.3 Å². The van der Waals surface area contributed by atoms with Gasteiger partial charge in [-0.25, -0.2) is 9.97 Å². The summed E-state index contributed by atoms with van der Waals surface area (Å²) < 4.78 is 0. The van der Waals surface area contributed by atoms with Crippen LogP contribution in [-0.2, 0) is 4.79 Å². The Labute approximate surface area is 132 Å². The van der Waals surface area contributed by atoms with Gasteiger partial charge in [0.05, 0.1) is 5.39 Å². The number of aromatic amines is 1. The van der Waals surface area contributed by atoms with Crippen LogP contribution in [0.4, 0.5) is 5.82 Å². The van der Waals surface area contributed by atoms with Gasteiger partial charge in [-0.05, 0) is 31.2 Å². The van der Waals surface area contributed by atoms with Crippen LogP contribution < -0.4 is 10.7 Å². The maximum atomic E-state index is 12.2. The van der Waals surface area contributed by atoms with E-state index in [1.807, 2.05) is 0 Å². The second kappa shape index (κ2) is 5.53. The van der Waals surface area contributed by atoms with E-state index < -0.39 is 0 Å². The lowest BCUT2D eigenvalue weighted by Gasteiger charge is -2.17. The van der Waals surface area contributed by atoms with E-state index in [2.05, 4.69) is 25.7 Å². The highest BCUT2D eigenvalue weighted by atomic mass is 16.2. The highest BCUT2D eigenvalue weighted by Gasteiger charge is 2.24. The van der Waals surface area contributed by atoms with Crippen LogP contribution in [0.15, 0.2) is 12.4 Å². The molecule has 1 saturated heterocycles. The van der Waals surface area contributed by atoms with Gasteiger partial charge in [0.25, 0.3) is 5.91 Å². The normalized spacial score (nSPS) is 17.7. The molecular weight excluding hydrogens is 296 g/mol. The van der Waals surface area contributed by atoms with Crippen LogP contribution >= 0.6 is 0 Å². The van der Waals surface area contributed by atoms with E-state index in [9.17, 15) is 9.59 Å². The van der Waals surface area contributed by atoms with Crippen LogP contribution in [0.25, 0.3) is 11.0 Å². The Bertz CT molecular complexity index is 766. The Morgan fingerprint density at radius 1 is 1.39 bits per heavy atom. The Balaban J connectivity index is 1.56. The fourth-order valence-corrected chi connectivity index (χ4v) is 2.70. The van der Waals surface area contributed by atoms with Gasteiger partial charge in [0.15, 0.2) is 5.82 Å². The molecule has 23 heavy (non-hydrogen) atoms. The molecule has 0 aromatic carbocycles. The quantitative estimate of drug-likeness (QED) is 0.765. The fraction of sp³-hybridized carbons (Fsp3) is 0.467. The topological polar surface area (TPSA) is 103 Å². The summed E-state index contributed by atoms with van der Waals surface area (Å²) in [7, 11) is 0. The molecule has 1 aliphatic carbocycles. The van der Waals surface area contributed by atoms with Gasteiger partial charge < -0.3 is 10.3 Å². The van der Waals surface area contributed by atoms with E-state index >= 15 is 0 Å². The number of hydrogen-bond acceptors (Lipinski definition) is 5. The first kappa shape index (κ1) is 14.0. The van der Waals surface area contributed by atoms with Crippen molar-refractivity contribution in [1.29, 1.82) is 0 Å². The molecule has 0 bridgehead atoms. The first-order chi connectivity index (χ1) is 11.2. The smallest absolute Gasteiger partial charge is 0.267 e. The summed E-state index contributed by atoms with van der Waals surface area (Å²) in [6, 6.07) is 1.72. The van der Waals surface area contributed by atoms with Gasteiger partial charge in [-0.15, -0.1) is 0 Å². The molecule has 2 amide bonds. The van der Waals surface area contributed by atoms with Gasteiger partial charge in [-0.3, -0.25) is 20.0 Å². The van der Waals surface area contributed by atoms with Crippen LogP contribution in [0, 0.1) is 5.92 Å². The number of hydrazine groups is 1. The second-order valence-electron chi connectivity index (χ2n) is 6.08. The van der Waals surface area contributed by atoms with Crippen LogP contribution in [0.1, 0.15) is 36.2 Å². The average molecular weight is 314 g/mol. The van der Waals surface area contributed by atoms with E-state index in [0.29, 0.717) is 48.0 Å². The molecule has 8 heteroatoms. The number of aromatic nitrogens is 3. The molecule has 0 radical (unpaired) electrons. The van der Waals surface area contributed by atoms with Crippen molar-refractivity contribution >= 4 is 28.7 Å². The van der Waals surface area contributed by atoms with Crippen LogP contribution in [0.5, 0.6) is 0 Å². The molecule has 0 atom stereocenters. The van der Waals surface area contributed by atoms with Crippen molar-refractivity contribution in [2.75, 3.05) is 18.5 Å². The number of anilines is 1. The number of amides is 2. The number of nitrogens with one attached hydrogen (secondary N) is 3.